The third-order valence-electron chi connectivity index (χ3n) is 3.75. The zero-order valence-electron chi connectivity index (χ0n) is 14.3. The molecule has 1 heterocycles. The Kier molecular flexibility index (Phi) is 4.90. The van der Waals surface area contributed by atoms with Crippen LogP contribution in [-0.4, -0.2) is 20.1 Å². The molecule has 3 aromatic rings. The Morgan fingerprint density at radius 3 is 2.58 bits per heavy atom. The van der Waals surface area contributed by atoms with Crippen LogP contribution in [0, 0.1) is 11.3 Å². The molecule has 2 aromatic carbocycles. The first kappa shape index (κ1) is 17.1. The lowest BCUT2D eigenvalue weighted by Crippen LogP contribution is -2.14. The summed E-state index contributed by atoms with van der Waals surface area (Å²) in [5, 5.41) is 12.8. The lowest BCUT2D eigenvalue weighted by molar-refractivity contribution is -0.112. The number of carbonyl (C=O) groups excluding carboxylic acids is 1. The van der Waals surface area contributed by atoms with E-state index in [1.165, 1.54) is 13.2 Å². The largest absolute Gasteiger partial charge is 0.495 e. The molecule has 0 unspecified atom stereocenters. The molecule has 1 aromatic heterocycles. The Bertz CT molecular complexity index is 1030. The minimum Gasteiger partial charge on any atom is -0.495 e. The van der Waals surface area contributed by atoms with E-state index in [1.54, 1.807) is 43.5 Å². The molecule has 6 nitrogen and oxygen atoms in total. The number of nitrogens with zero attached hydrogens (tertiary/aromatic N) is 1. The average molecular weight is 348 g/mol. The molecule has 0 spiro atoms. The Balaban J connectivity index is 1.91. The van der Waals surface area contributed by atoms with E-state index in [0.717, 1.165) is 5.39 Å². The Hall–Kier alpha value is -3.72. The van der Waals surface area contributed by atoms with Crippen molar-refractivity contribution in [2.24, 2.45) is 0 Å². The van der Waals surface area contributed by atoms with Gasteiger partial charge >= 0.3 is 0 Å². The number of nitriles is 1. The van der Waals surface area contributed by atoms with Crippen LogP contribution in [0.15, 0.2) is 58.5 Å². The van der Waals surface area contributed by atoms with Gasteiger partial charge in [-0.2, -0.15) is 5.26 Å². The van der Waals surface area contributed by atoms with E-state index in [-0.39, 0.29) is 5.57 Å². The third kappa shape index (κ3) is 3.37. The first-order valence-corrected chi connectivity index (χ1v) is 7.79. The van der Waals surface area contributed by atoms with Crippen LogP contribution in [0.25, 0.3) is 17.0 Å². The van der Waals surface area contributed by atoms with Crippen LogP contribution in [-0.2, 0) is 4.79 Å². The molecule has 0 atom stereocenters. The van der Waals surface area contributed by atoms with E-state index < -0.39 is 5.91 Å². The molecule has 130 valence electrons. The average Bonchev–Trinajstić information content (AvgIpc) is 3.09. The number of para-hydroxylation sites is 3. The SMILES string of the molecule is COc1ccccc1NC(=O)/C(C#N)=C/c1cc2cccc(OC)c2o1. The summed E-state index contributed by atoms with van der Waals surface area (Å²) in [6, 6.07) is 16.1. The summed E-state index contributed by atoms with van der Waals surface area (Å²) >= 11 is 0. The highest BCUT2D eigenvalue weighted by molar-refractivity contribution is 6.10. The second-order valence-electron chi connectivity index (χ2n) is 5.35. The van der Waals surface area contributed by atoms with Crippen LogP contribution in [0.1, 0.15) is 5.76 Å². The molecule has 1 amide bonds. The van der Waals surface area contributed by atoms with E-state index in [2.05, 4.69) is 5.32 Å². The van der Waals surface area contributed by atoms with Gasteiger partial charge in [-0.25, -0.2) is 0 Å². The highest BCUT2D eigenvalue weighted by atomic mass is 16.5. The van der Waals surface area contributed by atoms with Crippen molar-refractivity contribution < 1.29 is 18.7 Å². The standard InChI is InChI=1S/C20H16N2O4/c1-24-17-8-4-3-7-16(17)22-20(23)14(12-21)11-15-10-13-6-5-9-18(25-2)19(13)26-15/h3-11H,1-2H3,(H,22,23)/b14-11+. The Labute approximate surface area is 150 Å². The van der Waals surface area contributed by atoms with Gasteiger partial charge in [-0.3, -0.25) is 4.79 Å². The number of fused-ring (bicyclic) bond motifs is 1. The molecule has 1 N–H and O–H groups in total. The lowest BCUT2D eigenvalue weighted by atomic mass is 10.2. The molecular weight excluding hydrogens is 332 g/mol. The molecule has 0 aliphatic carbocycles. The molecule has 0 saturated heterocycles. The van der Waals surface area contributed by atoms with Crippen molar-refractivity contribution in [1.82, 2.24) is 0 Å². The van der Waals surface area contributed by atoms with Gasteiger partial charge in [0.25, 0.3) is 5.91 Å². The van der Waals surface area contributed by atoms with Gasteiger partial charge in [0.15, 0.2) is 11.3 Å². The van der Waals surface area contributed by atoms with Crippen molar-refractivity contribution in [1.29, 1.82) is 5.26 Å². The number of anilines is 1. The fourth-order valence-electron chi connectivity index (χ4n) is 2.52. The summed E-state index contributed by atoms with van der Waals surface area (Å²) in [5.74, 6) is 0.923. The highest BCUT2D eigenvalue weighted by Gasteiger charge is 2.14. The van der Waals surface area contributed by atoms with E-state index in [1.807, 2.05) is 18.2 Å². The zero-order chi connectivity index (χ0) is 18.5. The van der Waals surface area contributed by atoms with Crippen LogP contribution in [0.4, 0.5) is 5.69 Å². The predicted molar refractivity (Wildman–Crippen MR) is 98.0 cm³/mol. The van der Waals surface area contributed by atoms with E-state index in [9.17, 15) is 10.1 Å². The van der Waals surface area contributed by atoms with Crippen LogP contribution < -0.4 is 14.8 Å². The van der Waals surface area contributed by atoms with Crippen molar-refractivity contribution >= 4 is 28.6 Å². The quantitative estimate of drug-likeness (QED) is 0.556. The van der Waals surface area contributed by atoms with Gasteiger partial charge in [0.2, 0.25) is 0 Å². The number of rotatable bonds is 5. The van der Waals surface area contributed by atoms with Crippen molar-refractivity contribution in [3.05, 3.63) is 59.9 Å². The maximum absolute atomic E-state index is 12.4. The van der Waals surface area contributed by atoms with Crippen molar-refractivity contribution in [3.63, 3.8) is 0 Å². The fraction of sp³-hybridized carbons (Fsp3) is 0.100. The van der Waals surface area contributed by atoms with Gasteiger partial charge in [0.05, 0.1) is 19.9 Å². The van der Waals surface area contributed by atoms with Gasteiger partial charge in [0, 0.05) is 11.5 Å². The monoisotopic (exact) mass is 348 g/mol. The summed E-state index contributed by atoms with van der Waals surface area (Å²) in [6.07, 6.45) is 1.39. The third-order valence-corrected chi connectivity index (χ3v) is 3.75. The Morgan fingerprint density at radius 2 is 1.85 bits per heavy atom. The molecule has 26 heavy (non-hydrogen) atoms. The van der Waals surface area contributed by atoms with Crippen LogP contribution >= 0.6 is 0 Å². The molecule has 0 aliphatic heterocycles. The molecule has 6 heteroatoms. The normalized spacial score (nSPS) is 11.0. The molecule has 0 saturated carbocycles. The molecule has 0 bridgehead atoms. The second-order valence-corrected chi connectivity index (χ2v) is 5.35. The summed E-state index contributed by atoms with van der Waals surface area (Å²) in [5.41, 5.74) is 0.949. The topological polar surface area (TPSA) is 84.5 Å². The minimum atomic E-state index is -0.551. The maximum atomic E-state index is 12.4. The number of ether oxygens (including phenoxy) is 2. The summed E-state index contributed by atoms with van der Waals surface area (Å²) in [4.78, 5) is 12.4. The first-order valence-electron chi connectivity index (χ1n) is 7.79. The lowest BCUT2D eigenvalue weighted by Gasteiger charge is -2.08. The molecular formula is C20H16N2O4. The number of hydrogen-bond donors (Lipinski definition) is 1. The second kappa shape index (κ2) is 7.45. The van der Waals surface area contributed by atoms with E-state index >= 15 is 0 Å². The van der Waals surface area contributed by atoms with E-state index in [0.29, 0.717) is 28.5 Å². The van der Waals surface area contributed by atoms with Gasteiger partial charge in [0.1, 0.15) is 23.2 Å². The van der Waals surface area contributed by atoms with Crippen molar-refractivity contribution in [2.75, 3.05) is 19.5 Å². The van der Waals surface area contributed by atoms with Crippen molar-refractivity contribution in [2.45, 2.75) is 0 Å². The smallest absolute Gasteiger partial charge is 0.266 e. The molecule has 0 fully saturated rings. The number of benzene rings is 2. The Morgan fingerprint density at radius 1 is 1.12 bits per heavy atom. The van der Waals surface area contributed by atoms with Gasteiger partial charge in [-0.1, -0.05) is 24.3 Å². The van der Waals surface area contributed by atoms with E-state index in [4.69, 9.17) is 13.9 Å². The van der Waals surface area contributed by atoms with Crippen LogP contribution in [0.5, 0.6) is 11.5 Å². The predicted octanol–water partition coefficient (Wildman–Crippen LogP) is 4.00. The first-order chi connectivity index (χ1) is 12.7. The summed E-state index contributed by atoms with van der Waals surface area (Å²) in [7, 11) is 3.06. The number of methoxy groups -OCH3 is 2. The number of amides is 1. The number of nitrogens with one attached hydrogen (secondary N) is 1. The fourth-order valence-corrected chi connectivity index (χ4v) is 2.52. The molecule has 3 rings (SSSR count). The molecule has 0 radical (unpaired) electrons. The van der Waals surface area contributed by atoms with Gasteiger partial charge in [-0.15, -0.1) is 0 Å². The maximum Gasteiger partial charge on any atom is 0.266 e. The summed E-state index contributed by atoms with van der Waals surface area (Å²) < 4.78 is 16.2. The molecule has 0 aliphatic rings. The van der Waals surface area contributed by atoms with Crippen molar-refractivity contribution in [3.8, 4) is 17.6 Å². The van der Waals surface area contributed by atoms with Gasteiger partial charge in [-0.05, 0) is 24.3 Å². The highest BCUT2D eigenvalue weighted by Crippen LogP contribution is 2.29. The van der Waals surface area contributed by atoms with Gasteiger partial charge < -0.3 is 19.2 Å². The number of carbonyl (C=O) groups is 1. The number of hydrogen-bond acceptors (Lipinski definition) is 5. The van der Waals surface area contributed by atoms with Crippen LogP contribution in [0.3, 0.4) is 0 Å². The summed E-state index contributed by atoms with van der Waals surface area (Å²) in [6.45, 7) is 0. The van der Waals surface area contributed by atoms with Crippen LogP contribution in [0.2, 0.25) is 0 Å². The minimum absolute atomic E-state index is 0.0890. The zero-order valence-corrected chi connectivity index (χ0v) is 14.3. The number of furan rings is 1.